The average molecular weight is 296 g/mol. The van der Waals surface area contributed by atoms with Crippen LogP contribution >= 0.6 is 11.3 Å². The molecule has 3 N–H and O–H groups in total. The van der Waals surface area contributed by atoms with Crippen LogP contribution in [-0.2, 0) is 10.0 Å². The van der Waals surface area contributed by atoms with Gasteiger partial charge in [-0.25, -0.2) is 8.42 Å². The molecule has 0 fully saturated rings. The van der Waals surface area contributed by atoms with Gasteiger partial charge in [-0.15, -0.1) is 11.3 Å². The van der Waals surface area contributed by atoms with Crippen LogP contribution in [0, 0.1) is 20.8 Å². The first-order chi connectivity index (χ1) is 8.81. The van der Waals surface area contributed by atoms with E-state index < -0.39 is 10.0 Å². The van der Waals surface area contributed by atoms with Gasteiger partial charge in [0.2, 0.25) is 0 Å². The molecule has 0 unspecified atom stereocenters. The van der Waals surface area contributed by atoms with Gasteiger partial charge in [-0.3, -0.25) is 4.72 Å². The van der Waals surface area contributed by atoms with E-state index in [-0.39, 0.29) is 0 Å². The largest absolute Gasteiger partial charge is 0.398 e. The number of benzene rings is 1. The molecule has 0 atom stereocenters. The highest BCUT2D eigenvalue weighted by atomic mass is 32.2. The van der Waals surface area contributed by atoms with Crippen LogP contribution in [0.4, 0.5) is 11.4 Å². The van der Waals surface area contributed by atoms with Crippen molar-refractivity contribution in [3.8, 4) is 0 Å². The zero-order valence-corrected chi connectivity index (χ0v) is 12.7. The summed E-state index contributed by atoms with van der Waals surface area (Å²) in [5.41, 5.74) is 7.60. The number of thiophene rings is 1. The van der Waals surface area contributed by atoms with E-state index in [1.807, 2.05) is 6.92 Å². The summed E-state index contributed by atoms with van der Waals surface area (Å²) in [6.45, 7) is 5.49. The number of hydrogen-bond donors (Lipinski definition) is 2. The second kappa shape index (κ2) is 4.86. The quantitative estimate of drug-likeness (QED) is 0.855. The Kier molecular flexibility index (Phi) is 3.56. The molecule has 2 aromatic rings. The summed E-state index contributed by atoms with van der Waals surface area (Å²) in [6, 6.07) is 6.86. The van der Waals surface area contributed by atoms with Crippen molar-refractivity contribution >= 4 is 32.7 Å². The molecular formula is C13H16N2O2S2. The minimum atomic E-state index is -3.56. The van der Waals surface area contributed by atoms with Crippen LogP contribution in [0.5, 0.6) is 0 Å². The van der Waals surface area contributed by atoms with Gasteiger partial charge in [-0.1, -0.05) is 6.07 Å². The van der Waals surface area contributed by atoms with Crippen molar-refractivity contribution in [3.05, 3.63) is 39.6 Å². The van der Waals surface area contributed by atoms with Gasteiger partial charge >= 0.3 is 0 Å². The van der Waals surface area contributed by atoms with Gasteiger partial charge in [0.15, 0.2) is 0 Å². The van der Waals surface area contributed by atoms with Gasteiger partial charge in [0.05, 0.1) is 5.69 Å². The second-order valence-electron chi connectivity index (χ2n) is 4.40. The fourth-order valence-corrected chi connectivity index (χ4v) is 4.52. The van der Waals surface area contributed by atoms with Crippen molar-refractivity contribution in [1.82, 2.24) is 0 Å². The van der Waals surface area contributed by atoms with Crippen LogP contribution in [0.25, 0.3) is 0 Å². The van der Waals surface area contributed by atoms with Crippen molar-refractivity contribution in [1.29, 1.82) is 0 Å². The SMILES string of the molecule is Cc1cc(S(=O)(=O)Nc2cccc(N)c2C)c(C)s1. The Hall–Kier alpha value is -1.53. The lowest BCUT2D eigenvalue weighted by Gasteiger charge is -2.11. The van der Waals surface area contributed by atoms with Crippen molar-refractivity contribution in [3.63, 3.8) is 0 Å². The molecule has 0 aliphatic rings. The normalized spacial score (nSPS) is 11.5. The number of sulfonamides is 1. The molecule has 6 heteroatoms. The Morgan fingerprint density at radius 3 is 2.47 bits per heavy atom. The molecule has 2 rings (SSSR count). The zero-order valence-electron chi connectivity index (χ0n) is 11.0. The third kappa shape index (κ3) is 2.74. The van der Waals surface area contributed by atoms with Crippen LogP contribution < -0.4 is 10.5 Å². The van der Waals surface area contributed by atoms with Gasteiger partial charge in [0.25, 0.3) is 10.0 Å². The molecule has 0 saturated carbocycles. The molecule has 1 aromatic heterocycles. The lowest BCUT2D eigenvalue weighted by Crippen LogP contribution is -2.14. The minimum absolute atomic E-state index is 0.330. The Labute approximate surface area is 117 Å². The maximum atomic E-state index is 12.4. The molecule has 1 aromatic carbocycles. The number of nitrogen functional groups attached to an aromatic ring is 1. The van der Waals surface area contributed by atoms with Gasteiger partial charge in [0, 0.05) is 15.4 Å². The molecule has 0 amide bonds. The van der Waals surface area contributed by atoms with Gasteiger partial charge < -0.3 is 5.73 Å². The number of aryl methyl sites for hydroxylation is 2. The van der Waals surface area contributed by atoms with Crippen molar-refractivity contribution < 1.29 is 8.42 Å². The number of anilines is 2. The smallest absolute Gasteiger partial charge is 0.263 e. The van der Waals surface area contributed by atoms with Crippen molar-refractivity contribution in [2.75, 3.05) is 10.5 Å². The first-order valence-corrected chi connectivity index (χ1v) is 8.06. The molecule has 0 aliphatic heterocycles. The van der Waals surface area contributed by atoms with E-state index in [4.69, 9.17) is 5.73 Å². The highest BCUT2D eigenvalue weighted by Crippen LogP contribution is 2.28. The number of nitrogens with two attached hydrogens (primary N) is 1. The molecule has 1 heterocycles. The summed E-state index contributed by atoms with van der Waals surface area (Å²) in [7, 11) is -3.56. The summed E-state index contributed by atoms with van der Waals surface area (Å²) in [5, 5.41) is 0. The van der Waals surface area contributed by atoms with Gasteiger partial charge in [-0.05, 0) is 44.5 Å². The van der Waals surface area contributed by atoms with E-state index in [9.17, 15) is 8.42 Å². The lowest BCUT2D eigenvalue weighted by molar-refractivity contribution is 0.601. The van der Waals surface area contributed by atoms with E-state index in [0.29, 0.717) is 16.3 Å². The van der Waals surface area contributed by atoms with Crippen LogP contribution in [0.15, 0.2) is 29.2 Å². The molecule has 0 bridgehead atoms. The molecule has 19 heavy (non-hydrogen) atoms. The molecule has 0 aliphatic carbocycles. The number of rotatable bonds is 3. The fraction of sp³-hybridized carbons (Fsp3) is 0.231. The maximum absolute atomic E-state index is 12.4. The van der Waals surface area contributed by atoms with Crippen LogP contribution in [0.3, 0.4) is 0 Å². The minimum Gasteiger partial charge on any atom is -0.398 e. The predicted molar refractivity (Wildman–Crippen MR) is 80.2 cm³/mol. The third-order valence-corrected chi connectivity index (χ3v) is 5.49. The van der Waals surface area contributed by atoms with E-state index in [2.05, 4.69) is 4.72 Å². The van der Waals surface area contributed by atoms with Gasteiger partial charge in [-0.2, -0.15) is 0 Å². The number of nitrogens with one attached hydrogen (secondary N) is 1. The van der Waals surface area contributed by atoms with Crippen LogP contribution in [-0.4, -0.2) is 8.42 Å². The predicted octanol–water partition coefficient (Wildman–Crippen LogP) is 3.06. The molecular weight excluding hydrogens is 280 g/mol. The Balaban J connectivity index is 2.42. The number of hydrogen-bond acceptors (Lipinski definition) is 4. The molecule has 0 saturated heterocycles. The van der Waals surface area contributed by atoms with Crippen LogP contribution in [0.2, 0.25) is 0 Å². The summed E-state index contributed by atoms with van der Waals surface area (Å²) >= 11 is 1.47. The standard InChI is InChI=1S/C13H16N2O2S2/c1-8-7-13(10(3)18-8)19(16,17)15-12-6-4-5-11(14)9(12)2/h4-7,15H,14H2,1-3H3. The molecule has 102 valence electrons. The highest BCUT2D eigenvalue weighted by Gasteiger charge is 2.20. The summed E-state index contributed by atoms with van der Waals surface area (Å²) < 4.78 is 27.3. The van der Waals surface area contributed by atoms with Crippen molar-refractivity contribution in [2.45, 2.75) is 25.7 Å². The van der Waals surface area contributed by atoms with E-state index in [1.54, 1.807) is 38.1 Å². The summed E-state index contributed by atoms with van der Waals surface area (Å²) in [4.78, 5) is 2.09. The first kappa shape index (κ1) is 13.9. The Morgan fingerprint density at radius 2 is 1.89 bits per heavy atom. The fourth-order valence-electron chi connectivity index (χ4n) is 1.84. The molecule has 0 radical (unpaired) electrons. The second-order valence-corrected chi connectivity index (χ2v) is 7.51. The lowest BCUT2D eigenvalue weighted by atomic mass is 10.2. The van der Waals surface area contributed by atoms with Gasteiger partial charge in [0.1, 0.15) is 4.90 Å². The average Bonchev–Trinajstić information content (AvgIpc) is 2.65. The molecule has 0 spiro atoms. The van der Waals surface area contributed by atoms with E-state index >= 15 is 0 Å². The first-order valence-electron chi connectivity index (χ1n) is 5.76. The third-order valence-electron chi connectivity index (χ3n) is 2.90. The summed E-state index contributed by atoms with van der Waals surface area (Å²) in [5.74, 6) is 0. The van der Waals surface area contributed by atoms with E-state index in [0.717, 1.165) is 15.3 Å². The van der Waals surface area contributed by atoms with E-state index in [1.165, 1.54) is 11.3 Å². The van der Waals surface area contributed by atoms with Crippen molar-refractivity contribution in [2.24, 2.45) is 0 Å². The zero-order chi connectivity index (χ0) is 14.2. The highest BCUT2D eigenvalue weighted by molar-refractivity contribution is 7.93. The molecule has 4 nitrogen and oxygen atoms in total. The monoisotopic (exact) mass is 296 g/mol. The summed E-state index contributed by atoms with van der Waals surface area (Å²) in [6.07, 6.45) is 0. The topological polar surface area (TPSA) is 72.2 Å². The van der Waals surface area contributed by atoms with Crippen LogP contribution in [0.1, 0.15) is 15.3 Å². The Bertz CT molecular complexity index is 718. The Morgan fingerprint density at radius 1 is 1.21 bits per heavy atom. The maximum Gasteiger partial charge on any atom is 0.263 e.